The van der Waals surface area contributed by atoms with Crippen LogP contribution in [0.2, 0.25) is 0 Å². The van der Waals surface area contributed by atoms with Gasteiger partial charge in [-0.15, -0.1) is 11.3 Å². The summed E-state index contributed by atoms with van der Waals surface area (Å²) in [6.45, 7) is 3.95. The van der Waals surface area contributed by atoms with Crippen molar-refractivity contribution in [2.24, 2.45) is 0 Å². The van der Waals surface area contributed by atoms with Crippen LogP contribution in [0.5, 0.6) is 0 Å². The molecule has 2 aromatic heterocycles. The van der Waals surface area contributed by atoms with Gasteiger partial charge in [-0.3, -0.25) is 9.69 Å². The molecule has 1 saturated heterocycles. The molecule has 1 aliphatic heterocycles. The Hall–Kier alpha value is -1.47. The first kappa shape index (κ1) is 16.4. The van der Waals surface area contributed by atoms with Crippen molar-refractivity contribution in [1.82, 2.24) is 10.2 Å². The predicted molar refractivity (Wildman–Crippen MR) is 95.8 cm³/mol. The zero-order chi connectivity index (χ0) is 15.9. The van der Waals surface area contributed by atoms with Crippen molar-refractivity contribution < 1.29 is 9.53 Å². The van der Waals surface area contributed by atoms with Crippen molar-refractivity contribution in [3.05, 3.63) is 50.9 Å². The summed E-state index contributed by atoms with van der Waals surface area (Å²) in [5, 5.41) is 9.14. The molecule has 1 aliphatic rings. The molecule has 23 heavy (non-hydrogen) atoms. The van der Waals surface area contributed by atoms with Crippen LogP contribution in [-0.2, 0) is 9.53 Å². The van der Waals surface area contributed by atoms with Crippen LogP contribution < -0.4 is 5.32 Å². The van der Waals surface area contributed by atoms with Gasteiger partial charge in [-0.2, -0.15) is 11.3 Å². The van der Waals surface area contributed by atoms with E-state index in [1.807, 2.05) is 22.9 Å². The molecule has 0 aromatic carbocycles. The highest BCUT2D eigenvalue weighted by molar-refractivity contribution is 7.10. The molecule has 1 N–H and O–H groups in total. The summed E-state index contributed by atoms with van der Waals surface area (Å²) >= 11 is 3.36. The van der Waals surface area contributed by atoms with E-state index >= 15 is 0 Å². The Labute approximate surface area is 144 Å². The number of nitrogens with zero attached hydrogens (tertiary/aromatic N) is 1. The first-order valence-corrected chi connectivity index (χ1v) is 9.48. The third kappa shape index (κ3) is 4.75. The standard InChI is InChI=1S/C17H20N2O2S2/c20-17(4-3-14-5-11-22-13-14)18-12-15(16-2-1-10-23-16)19-6-8-21-9-7-19/h1-5,10-11,13,15H,6-9,12H2,(H,18,20)/b4-3+/t15-/m0/s1. The molecule has 122 valence electrons. The number of nitrogens with one attached hydrogen (secondary N) is 1. The summed E-state index contributed by atoms with van der Waals surface area (Å²) < 4.78 is 5.44. The lowest BCUT2D eigenvalue weighted by Crippen LogP contribution is -2.43. The molecule has 1 amide bonds. The summed E-state index contributed by atoms with van der Waals surface area (Å²) in [6, 6.07) is 6.41. The van der Waals surface area contributed by atoms with Crippen LogP contribution in [0.1, 0.15) is 16.5 Å². The van der Waals surface area contributed by atoms with Crippen LogP contribution in [0.4, 0.5) is 0 Å². The Morgan fingerprint density at radius 2 is 2.22 bits per heavy atom. The van der Waals surface area contributed by atoms with E-state index in [1.54, 1.807) is 28.7 Å². The molecule has 6 heteroatoms. The SMILES string of the molecule is O=C(/C=C/c1ccsc1)NC[C@@H](c1cccs1)N1CCOCC1. The Morgan fingerprint density at radius 3 is 2.91 bits per heavy atom. The smallest absolute Gasteiger partial charge is 0.244 e. The molecule has 1 fully saturated rings. The van der Waals surface area contributed by atoms with Crippen LogP contribution in [0.3, 0.4) is 0 Å². The average Bonchev–Trinajstić information content (AvgIpc) is 3.28. The van der Waals surface area contributed by atoms with Gasteiger partial charge >= 0.3 is 0 Å². The van der Waals surface area contributed by atoms with Gasteiger partial charge in [0.15, 0.2) is 0 Å². The van der Waals surface area contributed by atoms with Crippen molar-refractivity contribution in [1.29, 1.82) is 0 Å². The van der Waals surface area contributed by atoms with Crippen LogP contribution in [0, 0.1) is 0 Å². The van der Waals surface area contributed by atoms with Gasteiger partial charge in [-0.25, -0.2) is 0 Å². The van der Waals surface area contributed by atoms with E-state index < -0.39 is 0 Å². The second-order valence-electron chi connectivity index (χ2n) is 5.31. The molecule has 2 aromatic rings. The molecule has 0 spiro atoms. The van der Waals surface area contributed by atoms with Gasteiger partial charge in [0, 0.05) is 30.6 Å². The first-order chi connectivity index (χ1) is 11.3. The maximum atomic E-state index is 12.1. The molecule has 4 nitrogen and oxygen atoms in total. The fourth-order valence-corrected chi connectivity index (χ4v) is 4.07. The van der Waals surface area contributed by atoms with E-state index in [9.17, 15) is 4.79 Å². The number of hydrogen-bond donors (Lipinski definition) is 1. The number of hydrogen-bond acceptors (Lipinski definition) is 5. The van der Waals surface area contributed by atoms with Crippen LogP contribution in [0.25, 0.3) is 6.08 Å². The lowest BCUT2D eigenvalue weighted by atomic mass is 10.2. The predicted octanol–water partition coefficient (Wildman–Crippen LogP) is 3.01. The monoisotopic (exact) mass is 348 g/mol. The van der Waals surface area contributed by atoms with Gasteiger partial charge in [-0.1, -0.05) is 6.07 Å². The first-order valence-electron chi connectivity index (χ1n) is 7.66. The quantitative estimate of drug-likeness (QED) is 0.816. The van der Waals surface area contributed by atoms with Crippen molar-refractivity contribution in [2.75, 3.05) is 32.8 Å². The van der Waals surface area contributed by atoms with Gasteiger partial charge in [0.1, 0.15) is 0 Å². The lowest BCUT2D eigenvalue weighted by Gasteiger charge is -2.34. The Bertz CT molecular complexity index is 617. The Morgan fingerprint density at radius 1 is 1.35 bits per heavy atom. The number of carbonyl (C=O) groups is 1. The molecule has 0 radical (unpaired) electrons. The topological polar surface area (TPSA) is 41.6 Å². The number of carbonyl (C=O) groups excluding carboxylic acids is 1. The maximum Gasteiger partial charge on any atom is 0.244 e. The number of amides is 1. The molecular weight excluding hydrogens is 328 g/mol. The number of rotatable bonds is 6. The third-order valence-corrected chi connectivity index (χ3v) is 5.47. The molecule has 0 aliphatic carbocycles. The van der Waals surface area contributed by atoms with E-state index in [2.05, 4.69) is 27.7 Å². The van der Waals surface area contributed by atoms with Gasteiger partial charge in [0.2, 0.25) is 5.91 Å². The fourth-order valence-electron chi connectivity index (χ4n) is 2.58. The van der Waals surface area contributed by atoms with Crippen LogP contribution in [-0.4, -0.2) is 43.7 Å². The number of thiophene rings is 2. The molecule has 0 unspecified atom stereocenters. The zero-order valence-electron chi connectivity index (χ0n) is 12.8. The third-order valence-electron chi connectivity index (χ3n) is 3.80. The van der Waals surface area contributed by atoms with Gasteiger partial charge in [0.05, 0.1) is 19.3 Å². The zero-order valence-corrected chi connectivity index (χ0v) is 14.4. The fraction of sp³-hybridized carbons (Fsp3) is 0.353. The van der Waals surface area contributed by atoms with Gasteiger partial charge in [0.25, 0.3) is 0 Å². The second kappa shape index (κ2) is 8.40. The van der Waals surface area contributed by atoms with Crippen molar-refractivity contribution in [2.45, 2.75) is 6.04 Å². The Kier molecular flexibility index (Phi) is 5.99. The van der Waals surface area contributed by atoms with Crippen molar-refractivity contribution >= 4 is 34.7 Å². The Balaban J connectivity index is 1.58. The number of morpholine rings is 1. The van der Waals surface area contributed by atoms with Crippen molar-refractivity contribution in [3.8, 4) is 0 Å². The summed E-state index contributed by atoms with van der Waals surface area (Å²) in [5.41, 5.74) is 1.06. The van der Waals surface area contributed by atoms with Crippen molar-refractivity contribution in [3.63, 3.8) is 0 Å². The highest BCUT2D eigenvalue weighted by Crippen LogP contribution is 2.25. The minimum atomic E-state index is -0.0500. The summed E-state index contributed by atoms with van der Waals surface area (Å²) in [5.74, 6) is -0.0500. The number of ether oxygens (including phenoxy) is 1. The molecule has 0 bridgehead atoms. The molecule has 0 saturated carbocycles. The van der Waals surface area contributed by atoms with E-state index in [-0.39, 0.29) is 11.9 Å². The van der Waals surface area contributed by atoms with E-state index in [1.165, 1.54) is 4.88 Å². The summed E-state index contributed by atoms with van der Waals surface area (Å²) in [4.78, 5) is 15.7. The van der Waals surface area contributed by atoms with E-state index in [0.29, 0.717) is 6.54 Å². The largest absolute Gasteiger partial charge is 0.379 e. The van der Waals surface area contributed by atoms with Gasteiger partial charge < -0.3 is 10.1 Å². The molecule has 3 rings (SSSR count). The highest BCUT2D eigenvalue weighted by atomic mass is 32.1. The molecule has 1 atom stereocenters. The average molecular weight is 348 g/mol. The second-order valence-corrected chi connectivity index (χ2v) is 7.07. The van der Waals surface area contributed by atoms with Gasteiger partial charge in [-0.05, 0) is 39.9 Å². The lowest BCUT2D eigenvalue weighted by molar-refractivity contribution is -0.116. The molecular formula is C17H20N2O2S2. The van der Waals surface area contributed by atoms with E-state index in [4.69, 9.17) is 4.74 Å². The molecule has 3 heterocycles. The van der Waals surface area contributed by atoms with Crippen LogP contribution >= 0.6 is 22.7 Å². The highest BCUT2D eigenvalue weighted by Gasteiger charge is 2.23. The normalized spacial score (nSPS) is 17.4. The minimum Gasteiger partial charge on any atom is -0.379 e. The van der Waals surface area contributed by atoms with Crippen LogP contribution in [0.15, 0.2) is 40.4 Å². The summed E-state index contributed by atoms with van der Waals surface area (Å²) in [7, 11) is 0. The maximum absolute atomic E-state index is 12.1. The summed E-state index contributed by atoms with van der Waals surface area (Å²) in [6.07, 6.45) is 3.45. The minimum absolute atomic E-state index is 0.0500. The van der Waals surface area contributed by atoms with E-state index in [0.717, 1.165) is 31.9 Å².